The Morgan fingerprint density at radius 1 is 0.516 bits per heavy atom. The maximum Gasteiger partial charge on any atom is 0.259 e. The van der Waals surface area contributed by atoms with E-state index in [0.29, 0.717) is 26.2 Å². The molecule has 0 saturated heterocycles. The summed E-state index contributed by atoms with van der Waals surface area (Å²) in [6.07, 6.45) is 3.82. The molecule has 0 radical (unpaired) electrons. The Bertz CT molecular complexity index is 2740. The predicted molar refractivity (Wildman–Crippen MR) is 264 cm³/mol. The molecule has 7 nitrogen and oxygen atoms in total. The van der Waals surface area contributed by atoms with Gasteiger partial charge in [-0.1, -0.05) is 115 Å². The smallest absolute Gasteiger partial charge is 0.259 e. The van der Waals surface area contributed by atoms with E-state index < -0.39 is 14.1 Å². The third-order valence-corrected chi connectivity index (χ3v) is 14.5. The number of hydrogen-bond acceptors (Lipinski definition) is 7. The maximum atomic E-state index is 9.12. The Morgan fingerprint density at radius 2 is 0.969 bits per heavy atom. The van der Waals surface area contributed by atoms with Crippen LogP contribution < -0.4 is 9.47 Å². The van der Waals surface area contributed by atoms with Crippen molar-refractivity contribution in [3.63, 3.8) is 0 Å². The van der Waals surface area contributed by atoms with E-state index in [1.165, 1.54) is 54.2 Å². The molecule has 8 heteroatoms. The number of nitriles is 1. The van der Waals surface area contributed by atoms with Gasteiger partial charge in [-0.2, -0.15) is 5.26 Å². The van der Waals surface area contributed by atoms with Gasteiger partial charge in [0.2, 0.25) is 0 Å². The Morgan fingerprint density at radius 3 is 1.45 bits per heavy atom. The van der Waals surface area contributed by atoms with Crippen LogP contribution in [-0.2, 0) is 32.2 Å². The fourth-order valence-electron chi connectivity index (χ4n) is 9.55. The van der Waals surface area contributed by atoms with E-state index in [0.717, 1.165) is 53.9 Å². The van der Waals surface area contributed by atoms with Gasteiger partial charge in [-0.15, -0.1) is 0 Å². The van der Waals surface area contributed by atoms with Gasteiger partial charge in [0.1, 0.15) is 17.1 Å². The molecular formula is C56H59N2O5P. The molecule has 8 aromatic carbocycles. The highest BCUT2D eigenvalue weighted by Gasteiger charge is 2.38. The summed E-state index contributed by atoms with van der Waals surface area (Å²) in [7, 11) is 2.13. The highest BCUT2D eigenvalue weighted by atomic mass is 31.2. The van der Waals surface area contributed by atoms with Crippen molar-refractivity contribution in [2.75, 3.05) is 34.0 Å². The number of hydrogen-bond donors (Lipinski definition) is 0. The molecule has 0 saturated carbocycles. The molecule has 0 bridgehead atoms. The number of ether oxygens (including phenoxy) is 3. The van der Waals surface area contributed by atoms with Crippen molar-refractivity contribution in [1.29, 1.82) is 5.26 Å². The van der Waals surface area contributed by atoms with Crippen molar-refractivity contribution in [3.8, 4) is 17.6 Å². The molecule has 0 aliphatic rings. The molecule has 8 aromatic rings. The summed E-state index contributed by atoms with van der Waals surface area (Å²) in [5.74, 6) is 1.60. The van der Waals surface area contributed by atoms with E-state index in [-0.39, 0.29) is 12.1 Å². The molecule has 0 heterocycles. The molecule has 8 rings (SSSR count). The monoisotopic (exact) mass is 870 g/mol. The molecule has 328 valence electrons. The highest BCUT2D eigenvalue weighted by Crippen LogP contribution is 2.47. The molecule has 0 aliphatic carbocycles. The predicted octanol–water partition coefficient (Wildman–Crippen LogP) is 13.9. The van der Waals surface area contributed by atoms with Gasteiger partial charge < -0.3 is 23.3 Å². The number of methoxy groups -OCH3 is 2. The number of rotatable bonds is 21. The average molecular weight is 871 g/mol. The lowest BCUT2D eigenvalue weighted by atomic mass is 9.80. The average Bonchev–Trinajstić information content (AvgIpc) is 3.32. The first-order valence-corrected chi connectivity index (χ1v) is 23.7. The molecule has 0 spiro atoms. The highest BCUT2D eigenvalue weighted by molar-refractivity contribution is 7.44. The van der Waals surface area contributed by atoms with E-state index in [1.54, 1.807) is 14.2 Å². The Hall–Kier alpha value is -5.58. The van der Waals surface area contributed by atoms with Crippen LogP contribution in [0.3, 0.4) is 0 Å². The van der Waals surface area contributed by atoms with Crippen molar-refractivity contribution < 1.29 is 23.3 Å². The van der Waals surface area contributed by atoms with Crippen LogP contribution in [0.5, 0.6) is 11.5 Å². The first-order chi connectivity index (χ1) is 31.3. The quantitative estimate of drug-likeness (QED) is 0.0234. The Kier molecular flexibility index (Phi) is 14.4. The third kappa shape index (κ3) is 9.04. The zero-order chi connectivity index (χ0) is 44.6. The van der Waals surface area contributed by atoms with Crippen LogP contribution in [0.1, 0.15) is 74.8 Å². The number of benzene rings is 8. The van der Waals surface area contributed by atoms with Crippen molar-refractivity contribution in [3.05, 3.63) is 167 Å². The van der Waals surface area contributed by atoms with Crippen LogP contribution in [0.15, 0.2) is 140 Å². The van der Waals surface area contributed by atoms with Gasteiger partial charge in [-0.05, 0) is 149 Å². The summed E-state index contributed by atoms with van der Waals surface area (Å²) in [6.45, 7) is 10.2. The second-order valence-electron chi connectivity index (χ2n) is 16.9. The van der Waals surface area contributed by atoms with Crippen LogP contribution >= 0.6 is 8.53 Å². The van der Waals surface area contributed by atoms with Crippen molar-refractivity contribution in [2.24, 2.45) is 0 Å². The van der Waals surface area contributed by atoms with Gasteiger partial charge in [0.15, 0.2) is 0 Å². The molecule has 0 aliphatic heterocycles. The minimum absolute atomic E-state index is 0.271. The van der Waals surface area contributed by atoms with E-state index in [9.17, 15) is 0 Å². The lowest BCUT2D eigenvalue weighted by Gasteiger charge is -2.36. The summed E-state index contributed by atoms with van der Waals surface area (Å²) < 4.78 is 33.2. The minimum Gasteiger partial charge on any atom is -0.497 e. The van der Waals surface area contributed by atoms with Gasteiger partial charge in [0.05, 0.1) is 39.9 Å². The van der Waals surface area contributed by atoms with Crippen LogP contribution in [0.4, 0.5) is 0 Å². The largest absolute Gasteiger partial charge is 0.497 e. The summed E-state index contributed by atoms with van der Waals surface area (Å²) in [6, 6.07) is 52.6. The van der Waals surface area contributed by atoms with Crippen LogP contribution in [0.25, 0.3) is 43.1 Å². The fraction of sp³-hybridized carbons (Fsp3) is 0.304. The molecule has 0 amide bonds. The summed E-state index contributed by atoms with van der Waals surface area (Å²) in [5.41, 5.74) is 4.91. The topological polar surface area (TPSA) is 73.2 Å². The van der Waals surface area contributed by atoms with Gasteiger partial charge in [0, 0.05) is 18.7 Å². The first kappa shape index (κ1) is 45.0. The van der Waals surface area contributed by atoms with Crippen molar-refractivity contribution in [2.45, 2.75) is 77.5 Å². The van der Waals surface area contributed by atoms with Crippen molar-refractivity contribution in [1.82, 2.24) is 4.67 Å². The number of fused-ring (bicyclic) bond motifs is 2. The molecule has 0 fully saturated rings. The van der Waals surface area contributed by atoms with Crippen LogP contribution in [0, 0.1) is 11.3 Å². The second-order valence-corrected chi connectivity index (χ2v) is 18.4. The minimum atomic E-state index is -1.26. The van der Waals surface area contributed by atoms with Crippen molar-refractivity contribution >= 4 is 51.6 Å². The zero-order valence-corrected chi connectivity index (χ0v) is 38.9. The molecular weight excluding hydrogens is 812 g/mol. The van der Waals surface area contributed by atoms with Gasteiger partial charge in [0.25, 0.3) is 8.53 Å². The molecule has 0 aromatic heterocycles. The van der Waals surface area contributed by atoms with Crippen LogP contribution in [-0.4, -0.2) is 50.8 Å². The summed E-state index contributed by atoms with van der Waals surface area (Å²) in [4.78, 5) is 0. The molecule has 64 heavy (non-hydrogen) atoms. The normalized spacial score (nSPS) is 12.6. The van der Waals surface area contributed by atoms with Crippen LogP contribution in [0.2, 0.25) is 0 Å². The lowest BCUT2D eigenvalue weighted by molar-refractivity contribution is 0.0116. The first-order valence-electron chi connectivity index (χ1n) is 22.6. The van der Waals surface area contributed by atoms with E-state index >= 15 is 0 Å². The summed E-state index contributed by atoms with van der Waals surface area (Å²) >= 11 is 0. The Balaban J connectivity index is 1.06. The number of nitrogens with zero attached hydrogens (tertiary/aromatic N) is 2. The van der Waals surface area contributed by atoms with E-state index in [2.05, 4.69) is 148 Å². The Labute approximate surface area is 379 Å². The fourth-order valence-corrected chi connectivity index (χ4v) is 11.2. The SMILES string of the molecule is COc1ccc(C(OCCCc2ccc3c4cccc5c(CCCOP(OCCC#N)N(C(C)C)C(C)C)ccc(c6cccc2c63)c54)(c2ccccc2)c2ccc(OC)cc2)cc1. The standard InChI is InChI=1S/C56H59N2O5P/c1-39(2)58(40(3)4)64(63-38-14-35-57)62-37-13-16-42-24-34-53-50-21-10-19-48-41(23-33-52(54(48)50)51-22-11-20-49(42)55(51)53)15-12-36-61-56(43-17-8-7-9-18-43,44-25-29-46(59-5)30-26-44)45-27-31-47(60-6)32-28-45/h7-11,17-34,39-40H,12-16,36-38H2,1-6H3. The van der Waals surface area contributed by atoms with Gasteiger partial charge >= 0.3 is 0 Å². The number of aryl methyl sites for hydroxylation is 2. The lowest BCUT2D eigenvalue weighted by Crippen LogP contribution is -2.33. The molecule has 0 N–H and O–H groups in total. The van der Waals surface area contributed by atoms with Gasteiger partial charge in [-0.3, -0.25) is 0 Å². The van der Waals surface area contributed by atoms with Gasteiger partial charge in [-0.25, -0.2) is 4.67 Å². The molecule has 1 unspecified atom stereocenters. The van der Waals surface area contributed by atoms with E-state index in [1.807, 2.05) is 30.3 Å². The maximum absolute atomic E-state index is 9.12. The van der Waals surface area contributed by atoms with E-state index in [4.69, 9.17) is 28.5 Å². The zero-order valence-electron chi connectivity index (χ0n) is 38.0. The molecule has 1 atom stereocenters. The summed E-state index contributed by atoms with van der Waals surface area (Å²) in [5, 5.41) is 19.5. The second kappa shape index (κ2) is 20.5. The third-order valence-electron chi connectivity index (χ3n) is 12.4.